The Morgan fingerprint density at radius 2 is 1.05 bits per heavy atom. The van der Waals surface area contributed by atoms with Gasteiger partial charge in [-0.3, -0.25) is 19.2 Å². The molecule has 0 spiro atoms. The highest BCUT2D eigenvalue weighted by atomic mass is 16.5. The SMILES string of the molecule is CCCCCCCCCCC(CCCCCCCC)COC(=O)CCCCC(=O)N(CCN(C)C)C1(C(=O)NCCCCC(=O)OC(CC)CCCCCCCC)CCC1. The van der Waals surface area contributed by atoms with Crippen molar-refractivity contribution >= 4 is 23.8 Å². The Morgan fingerprint density at radius 3 is 1.55 bits per heavy atom. The molecule has 0 aromatic carbocycles. The van der Waals surface area contributed by atoms with Crippen LogP contribution in [0.4, 0.5) is 0 Å². The molecule has 1 fully saturated rings. The van der Waals surface area contributed by atoms with Gasteiger partial charge < -0.3 is 24.6 Å². The fraction of sp³-hybridized carbons (Fsp3) is 0.922. The first kappa shape index (κ1) is 55.9. The van der Waals surface area contributed by atoms with Crippen molar-refractivity contribution in [2.75, 3.05) is 40.3 Å². The molecule has 1 rings (SSSR count). The van der Waals surface area contributed by atoms with Gasteiger partial charge in [0.2, 0.25) is 11.8 Å². The smallest absolute Gasteiger partial charge is 0.306 e. The van der Waals surface area contributed by atoms with Crippen molar-refractivity contribution in [1.82, 2.24) is 15.1 Å². The van der Waals surface area contributed by atoms with Crippen molar-refractivity contribution in [3.8, 4) is 0 Å². The lowest BCUT2D eigenvalue weighted by atomic mass is 9.74. The minimum absolute atomic E-state index is 0.00660. The van der Waals surface area contributed by atoms with Crippen molar-refractivity contribution in [2.45, 2.75) is 258 Å². The monoisotopic (exact) mass is 848 g/mol. The Morgan fingerprint density at radius 1 is 0.567 bits per heavy atom. The molecule has 9 heteroatoms. The average molecular weight is 848 g/mol. The number of hydrogen-bond acceptors (Lipinski definition) is 7. The number of carbonyl (C=O) groups is 4. The van der Waals surface area contributed by atoms with Crippen LogP contribution in [0.3, 0.4) is 0 Å². The van der Waals surface area contributed by atoms with Crippen molar-refractivity contribution in [3.63, 3.8) is 0 Å². The Kier molecular flexibility index (Phi) is 34.8. The Labute approximate surface area is 370 Å². The summed E-state index contributed by atoms with van der Waals surface area (Å²) >= 11 is 0. The third kappa shape index (κ3) is 27.0. The summed E-state index contributed by atoms with van der Waals surface area (Å²) in [6.07, 6.45) is 35.3. The van der Waals surface area contributed by atoms with Crippen LogP contribution >= 0.6 is 0 Å². The third-order valence-electron chi connectivity index (χ3n) is 12.9. The molecule has 2 atom stereocenters. The van der Waals surface area contributed by atoms with Crippen LogP contribution in [0.2, 0.25) is 0 Å². The van der Waals surface area contributed by atoms with Crippen LogP contribution in [0.25, 0.3) is 0 Å². The molecule has 0 aliphatic heterocycles. The second-order valence-electron chi connectivity index (χ2n) is 18.6. The molecule has 60 heavy (non-hydrogen) atoms. The van der Waals surface area contributed by atoms with E-state index in [2.05, 4.69) is 33.0 Å². The van der Waals surface area contributed by atoms with Crippen LogP contribution in [0.1, 0.15) is 246 Å². The van der Waals surface area contributed by atoms with Gasteiger partial charge in [0.25, 0.3) is 0 Å². The summed E-state index contributed by atoms with van der Waals surface area (Å²) in [6.45, 7) is 11.0. The van der Waals surface area contributed by atoms with E-state index in [-0.39, 0.29) is 29.9 Å². The van der Waals surface area contributed by atoms with Gasteiger partial charge in [0.1, 0.15) is 11.6 Å². The lowest BCUT2D eigenvalue weighted by Gasteiger charge is -2.49. The van der Waals surface area contributed by atoms with Gasteiger partial charge in [0.15, 0.2) is 0 Å². The lowest BCUT2D eigenvalue weighted by molar-refractivity contribution is -0.154. The van der Waals surface area contributed by atoms with Crippen molar-refractivity contribution in [1.29, 1.82) is 0 Å². The van der Waals surface area contributed by atoms with E-state index in [0.717, 1.165) is 38.5 Å². The van der Waals surface area contributed by atoms with E-state index in [4.69, 9.17) is 9.47 Å². The number of unbranched alkanes of at least 4 members (excludes halogenated alkanes) is 19. The molecule has 352 valence electrons. The first-order valence-electron chi connectivity index (χ1n) is 25.7. The molecule has 2 unspecified atom stereocenters. The molecule has 1 N–H and O–H groups in total. The molecule has 1 aliphatic rings. The minimum Gasteiger partial charge on any atom is -0.465 e. The zero-order valence-electron chi connectivity index (χ0n) is 40.4. The molecular formula is C51H97N3O6. The molecule has 0 aromatic rings. The summed E-state index contributed by atoms with van der Waals surface area (Å²) in [6, 6.07) is 0. The molecule has 1 aliphatic carbocycles. The highest BCUT2D eigenvalue weighted by Gasteiger charge is 2.50. The number of rotatable bonds is 42. The summed E-state index contributed by atoms with van der Waals surface area (Å²) in [5.41, 5.74) is -0.824. The number of nitrogens with zero attached hydrogens (tertiary/aromatic N) is 2. The maximum atomic E-state index is 13.8. The van der Waals surface area contributed by atoms with Crippen LogP contribution in [0.15, 0.2) is 0 Å². The predicted octanol–water partition coefficient (Wildman–Crippen LogP) is 12.7. The van der Waals surface area contributed by atoms with E-state index in [1.807, 2.05) is 23.9 Å². The molecule has 0 aromatic heterocycles. The minimum atomic E-state index is -0.824. The number of nitrogens with one attached hydrogen (secondary N) is 1. The Balaban J connectivity index is 2.54. The van der Waals surface area contributed by atoms with Crippen LogP contribution < -0.4 is 5.32 Å². The van der Waals surface area contributed by atoms with Crippen molar-refractivity contribution in [3.05, 3.63) is 0 Å². The summed E-state index contributed by atoms with van der Waals surface area (Å²) in [4.78, 5) is 56.9. The number of likely N-dealkylation sites (N-methyl/N-ethyl adjacent to an activating group) is 1. The largest absolute Gasteiger partial charge is 0.465 e. The molecule has 0 bridgehead atoms. The van der Waals surface area contributed by atoms with Gasteiger partial charge >= 0.3 is 11.9 Å². The maximum absolute atomic E-state index is 13.8. The van der Waals surface area contributed by atoms with Crippen molar-refractivity contribution < 1.29 is 28.7 Å². The van der Waals surface area contributed by atoms with Crippen molar-refractivity contribution in [2.24, 2.45) is 5.92 Å². The molecule has 2 amide bonds. The lowest BCUT2D eigenvalue weighted by Crippen LogP contribution is -2.65. The standard InChI is InChI=1S/C51H97N3O6/c1-7-11-14-17-20-21-23-26-34-45(33-25-22-18-15-12-8-2)44-59-48(56)37-29-28-36-47(55)54(43-42-53(5)6)51(39-32-40-51)50(58)52-41-31-30-38-49(57)60-46(10-4)35-27-24-19-16-13-9-3/h45-46H,7-44H2,1-6H3,(H,52,58). The van der Waals surface area contributed by atoms with Crippen LogP contribution in [0, 0.1) is 5.92 Å². The van der Waals surface area contributed by atoms with Gasteiger partial charge in [-0.1, -0.05) is 150 Å². The number of esters is 2. The van der Waals surface area contributed by atoms with E-state index in [1.54, 1.807) is 0 Å². The van der Waals surface area contributed by atoms with Gasteiger partial charge in [-0.05, 0) is 97.1 Å². The number of ether oxygens (including phenoxy) is 2. The van der Waals surface area contributed by atoms with Crippen LogP contribution in [-0.2, 0) is 28.7 Å². The van der Waals surface area contributed by atoms with Gasteiger partial charge in [0, 0.05) is 38.9 Å². The molecule has 1 saturated carbocycles. The third-order valence-corrected chi connectivity index (χ3v) is 12.9. The fourth-order valence-corrected chi connectivity index (χ4v) is 8.57. The quantitative estimate of drug-likeness (QED) is 0.0482. The first-order valence-corrected chi connectivity index (χ1v) is 25.7. The molecule has 0 heterocycles. The van der Waals surface area contributed by atoms with Crippen LogP contribution in [-0.4, -0.2) is 85.5 Å². The summed E-state index contributed by atoms with van der Waals surface area (Å²) < 4.78 is 11.6. The normalized spacial score (nSPS) is 14.4. The van der Waals surface area contributed by atoms with E-state index < -0.39 is 5.54 Å². The van der Waals surface area contributed by atoms with Crippen LogP contribution in [0.5, 0.6) is 0 Å². The zero-order valence-corrected chi connectivity index (χ0v) is 40.4. The van der Waals surface area contributed by atoms with E-state index >= 15 is 0 Å². The van der Waals surface area contributed by atoms with Gasteiger partial charge in [0.05, 0.1) is 6.61 Å². The van der Waals surface area contributed by atoms with Gasteiger partial charge in [-0.2, -0.15) is 0 Å². The second-order valence-corrected chi connectivity index (χ2v) is 18.6. The van der Waals surface area contributed by atoms with Gasteiger partial charge in [-0.25, -0.2) is 0 Å². The topological polar surface area (TPSA) is 105 Å². The number of hydrogen-bond donors (Lipinski definition) is 1. The second kappa shape index (κ2) is 37.4. The molecular weight excluding hydrogens is 751 g/mol. The molecule has 0 radical (unpaired) electrons. The summed E-state index contributed by atoms with van der Waals surface area (Å²) in [5.74, 6) is 0.0342. The Hall–Kier alpha value is -2.16. The highest BCUT2D eigenvalue weighted by molar-refractivity contribution is 5.92. The fourth-order valence-electron chi connectivity index (χ4n) is 8.57. The highest BCUT2D eigenvalue weighted by Crippen LogP contribution is 2.39. The van der Waals surface area contributed by atoms with E-state index in [9.17, 15) is 19.2 Å². The van der Waals surface area contributed by atoms with E-state index in [1.165, 1.54) is 122 Å². The Bertz CT molecular complexity index is 1080. The zero-order chi connectivity index (χ0) is 44.1. The molecule has 9 nitrogen and oxygen atoms in total. The average Bonchev–Trinajstić information content (AvgIpc) is 3.21. The predicted molar refractivity (Wildman–Crippen MR) is 250 cm³/mol. The molecule has 0 saturated heterocycles. The first-order chi connectivity index (χ1) is 29.1. The number of amides is 2. The van der Waals surface area contributed by atoms with Gasteiger partial charge in [-0.15, -0.1) is 0 Å². The maximum Gasteiger partial charge on any atom is 0.306 e. The summed E-state index contributed by atoms with van der Waals surface area (Å²) in [7, 11) is 3.97. The number of carbonyl (C=O) groups excluding carboxylic acids is 4. The van der Waals surface area contributed by atoms with E-state index in [0.29, 0.717) is 89.9 Å². The summed E-state index contributed by atoms with van der Waals surface area (Å²) in [5, 5.41) is 3.12.